The molecule has 0 amide bonds. The largest absolute Gasteiger partial charge is 0.364 e. The predicted molar refractivity (Wildman–Crippen MR) is 56.4 cm³/mol. The maximum absolute atomic E-state index is 5.71. The van der Waals surface area contributed by atoms with E-state index in [-0.39, 0.29) is 0 Å². The van der Waals surface area contributed by atoms with Gasteiger partial charge in [0.15, 0.2) is 0 Å². The van der Waals surface area contributed by atoms with Gasteiger partial charge in [0.2, 0.25) is 0 Å². The van der Waals surface area contributed by atoms with Gasteiger partial charge in [-0.15, -0.1) is 0 Å². The molecule has 1 fully saturated rings. The highest BCUT2D eigenvalue weighted by atomic mass is 16.5. The molecule has 1 heteroatoms. The molecule has 2 atom stereocenters. The van der Waals surface area contributed by atoms with Gasteiger partial charge in [0.25, 0.3) is 0 Å². The van der Waals surface area contributed by atoms with Crippen molar-refractivity contribution >= 4 is 0 Å². The van der Waals surface area contributed by atoms with Crippen LogP contribution in [0, 0.1) is 29.6 Å². The third-order valence-corrected chi connectivity index (χ3v) is 2.69. The Morgan fingerprint density at radius 3 is 2.93 bits per heavy atom. The van der Waals surface area contributed by atoms with Gasteiger partial charge in [0, 0.05) is 5.92 Å². The van der Waals surface area contributed by atoms with E-state index >= 15 is 0 Å². The first-order valence-corrected chi connectivity index (χ1v) is 5.23. The fraction of sp³-hybridized carbons (Fsp3) is 0.538. The van der Waals surface area contributed by atoms with Crippen LogP contribution in [0.3, 0.4) is 0 Å². The zero-order valence-corrected chi connectivity index (χ0v) is 8.25. The minimum atomic E-state index is 0.317. The minimum Gasteiger partial charge on any atom is -0.364 e. The van der Waals surface area contributed by atoms with E-state index in [1.807, 2.05) is 6.08 Å². The summed E-state index contributed by atoms with van der Waals surface area (Å²) in [5.74, 6) is 12.6. The average molecular weight is 186 g/mol. The summed E-state index contributed by atoms with van der Waals surface area (Å²) in [6.45, 7) is 0.549. The molecule has 0 aromatic rings. The van der Waals surface area contributed by atoms with E-state index in [0.717, 1.165) is 6.42 Å². The molecule has 0 bridgehead atoms. The SMILES string of the molecule is C1#CCO[C@@H]2CCCC[C@H]2C#C/C=C\1. The molecule has 1 heterocycles. The van der Waals surface area contributed by atoms with Crippen LogP contribution in [0.25, 0.3) is 0 Å². The molecule has 0 spiro atoms. The summed E-state index contributed by atoms with van der Waals surface area (Å²) >= 11 is 0. The van der Waals surface area contributed by atoms with Crippen LogP contribution >= 0.6 is 0 Å². The number of allylic oxidation sites excluding steroid dienone is 2. The maximum atomic E-state index is 5.71. The highest BCUT2D eigenvalue weighted by molar-refractivity contribution is 5.26. The third-order valence-electron chi connectivity index (χ3n) is 2.69. The molecule has 0 aromatic heterocycles. The first-order valence-electron chi connectivity index (χ1n) is 5.23. The molecule has 2 rings (SSSR count). The lowest BCUT2D eigenvalue weighted by atomic mass is 9.87. The molecule has 1 saturated carbocycles. The number of hydrogen-bond acceptors (Lipinski definition) is 1. The van der Waals surface area contributed by atoms with Crippen molar-refractivity contribution in [1.82, 2.24) is 0 Å². The quantitative estimate of drug-likeness (QED) is 0.527. The predicted octanol–water partition coefficient (Wildman–Crippen LogP) is 2.14. The third kappa shape index (κ3) is 2.41. The van der Waals surface area contributed by atoms with Crippen molar-refractivity contribution in [1.29, 1.82) is 0 Å². The van der Waals surface area contributed by atoms with Crippen LogP contribution in [0.5, 0.6) is 0 Å². The van der Waals surface area contributed by atoms with Gasteiger partial charge < -0.3 is 4.74 Å². The molecule has 1 nitrogen and oxygen atoms in total. The lowest BCUT2D eigenvalue weighted by molar-refractivity contribution is 0.0256. The van der Waals surface area contributed by atoms with E-state index in [1.165, 1.54) is 19.3 Å². The Bertz CT molecular complexity index is 332. The summed E-state index contributed by atoms with van der Waals surface area (Å²) in [4.78, 5) is 0. The van der Waals surface area contributed by atoms with Crippen molar-refractivity contribution in [3.05, 3.63) is 12.2 Å². The molecule has 2 aliphatic rings. The van der Waals surface area contributed by atoms with Gasteiger partial charge in [0.1, 0.15) is 6.61 Å². The Balaban J connectivity index is 2.11. The Morgan fingerprint density at radius 2 is 1.93 bits per heavy atom. The summed E-state index contributed by atoms with van der Waals surface area (Å²) in [7, 11) is 0. The smallest absolute Gasteiger partial charge is 0.108 e. The van der Waals surface area contributed by atoms with E-state index in [9.17, 15) is 0 Å². The molecule has 14 heavy (non-hydrogen) atoms. The molecule has 0 unspecified atom stereocenters. The van der Waals surface area contributed by atoms with Gasteiger partial charge in [-0.3, -0.25) is 0 Å². The molecular weight excluding hydrogens is 172 g/mol. The van der Waals surface area contributed by atoms with E-state index in [2.05, 4.69) is 23.7 Å². The van der Waals surface area contributed by atoms with Crippen LogP contribution in [-0.4, -0.2) is 12.7 Å². The normalized spacial score (nSPS) is 32.6. The molecular formula is C13H14O. The van der Waals surface area contributed by atoms with Crippen molar-refractivity contribution in [2.24, 2.45) is 5.92 Å². The summed E-state index contributed by atoms with van der Waals surface area (Å²) in [5.41, 5.74) is 0. The zero-order chi connectivity index (χ0) is 9.64. The van der Waals surface area contributed by atoms with E-state index < -0.39 is 0 Å². The zero-order valence-electron chi connectivity index (χ0n) is 8.25. The first-order chi connectivity index (χ1) is 6.97. The Labute approximate surface area is 85.5 Å². The molecule has 0 aromatic carbocycles. The monoisotopic (exact) mass is 186 g/mol. The summed E-state index contributed by atoms with van der Waals surface area (Å²) < 4.78 is 5.71. The van der Waals surface area contributed by atoms with Gasteiger partial charge >= 0.3 is 0 Å². The van der Waals surface area contributed by atoms with Crippen LogP contribution in [0.15, 0.2) is 12.2 Å². The van der Waals surface area contributed by atoms with E-state index in [4.69, 9.17) is 4.74 Å². The fourth-order valence-electron chi connectivity index (χ4n) is 1.95. The summed E-state index contributed by atoms with van der Waals surface area (Å²) in [6, 6.07) is 0. The molecule has 1 aliphatic heterocycles. The molecule has 72 valence electrons. The Hall–Kier alpha value is -1.18. The van der Waals surface area contributed by atoms with Gasteiger partial charge in [-0.2, -0.15) is 0 Å². The number of fused-ring (bicyclic) bond motifs is 1. The van der Waals surface area contributed by atoms with Crippen molar-refractivity contribution < 1.29 is 4.74 Å². The molecule has 1 aliphatic carbocycles. The molecule has 0 N–H and O–H groups in total. The van der Waals surface area contributed by atoms with Crippen molar-refractivity contribution in [2.75, 3.05) is 6.61 Å². The highest BCUT2D eigenvalue weighted by Crippen LogP contribution is 2.26. The van der Waals surface area contributed by atoms with Crippen molar-refractivity contribution in [3.63, 3.8) is 0 Å². The van der Waals surface area contributed by atoms with Crippen LogP contribution < -0.4 is 0 Å². The second kappa shape index (κ2) is 4.89. The minimum absolute atomic E-state index is 0.317. The fourth-order valence-corrected chi connectivity index (χ4v) is 1.95. The van der Waals surface area contributed by atoms with E-state index in [0.29, 0.717) is 18.6 Å². The highest BCUT2D eigenvalue weighted by Gasteiger charge is 2.23. The number of rotatable bonds is 0. The van der Waals surface area contributed by atoms with Crippen LogP contribution in [0.4, 0.5) is 0 Å². The number of hydrogen-bond donors (Lipinski definition) is 0. The van der Waals surface area contributed by atoms with E-state index in [1.54, 1.807) is 6.08 Å². The van der Waals surface area contributed by atoms with Crippen LogP contribution in [-0.2, 0) is 4.74 Å². The second-order valence-corrected chi connectivity index (χ2v) is 3.68. The van der Waals surface area contributed by atoms with Gasteiger partial charge in [0.05, 0.1) is 6.10 Å². The standard InChI is InChI=1S/C13H14O/c1-2-4-8-12-9-5-6-10-13(12)14-11-7-3-1/h1-2,12-13H,5-6,9-11H2/b2-1-/t12-,13-/m1/s1. The lowest BCUT2D eigenvalue weighted by Gasteiger charge is -2.27. The molecule has 0 saturated heterocycles. The van der Waals surface area contributed by atoms with Crippen molar-refractivity contribution in [3.8, 4) is 23.7 Å². The maximum Gasteiger partial charge on any atom is 0.108 e. The van der Waals surface area contributed by atoms with Crippen molar-refractivity contribution in [2.45, 2.75) is 31.8 Å². The lowest BCUT2D eigenvalue weighted by Crippen LogP contribution is -2.27. The summed E-state index contributed by atoms with van der Waals surface area (Å²) in [5, 5.41) is 0. The summed E-state index contributed by atoms with van der Waals surface area (Å²) in [6.07, 6.45) is 8.82. The van der Waals surface area contributed by atoms with Gasteiger partial charge in [-0.05, 0) is 25.0 Å². The first kappa shape index (κ1) is 9.38. The Kier molecular flexibility index (Phi) is 3.28. The average Bonchev–Trinajstić information content (AvgIpc) is 2.25. The topological polar surface area (TPSA) is 9.23 Å². The van der Waals surface area contributed by atoms with Gasteiger partial charge in [-0.1, -0.05) is 36.5 Å². The second-order valence-electron chi connectivity index (χ2n) is 3.68. The number of ether oxygens (including phenoxy) is 1. The van der Waals surface area contributed by atoms with Crippen LogP contribution in [0.2, 0.25) is 0 Å². The van der Waals surface area contributed by atoms with Crippen LogP contribution in [0.1, 0.15) is 25.7 Å². The Morgan fingerprint density at radius 1 is 1.07 bits per heavy atom. The molecule has 0 radical (unpaired) electrons. The van der Waals surface area contributed by atoms with Gasteiger partial charge in [-0.25, -0.2) is 0 Å².